The normalized spacial score (nSPS) is 23.1. The second-order valence-electron chi connectivity index (χ2n) is 5.08. The Labute approximate surface area is 118 Å². The van der Waals surface area contributed by atoms with Gasteiger partial charge in [0.25, 0.3) is 0 Å². The summed E-state index contributed by atoms with van der Waals surface area (Å²) in [6, 6.07) is 5.42. The molecule has 110 valence electrons. The van der Waals surface area contributed by atoms with Crippen LogP contribution in [-0.4, -0.2) is 42.5 Å². The summed E-state index contributed by atoms with van der Waals surface area (Å²) < 4.78 is 5.25. The number of oxime groups is 1. The first kappa shape index (κ1) is 14.5. The molecule has 1 aliphatic rings. The Bertz CT molecular complexity index is 504. The highest BCUT2D eigenvalue weighted by molar-refractivity contribution is 6.02. The van der Waals surface area contributed by atoms with E-state index in [0.717, 1.165) is 18.7 Å². The molecule has 2 rings (SSSR count). The number of nitrogens with two attached hydrogens (primary N) is 1. The summed E-state index contributed by atoms with van der Waals surface area (Å²) in [5, 5.41) is 21.6. The van der Waals surface area contributed by atoms with Crippen LogP contribution in [-0.2, 0) is 0 Å². The molecule has 6 nitrogen and oxygen atoms in total. The Morgan fingerprint density at radius 3 is 2.90 bits per heavy atom. The van der Waals surface area contributed by atoms with Crippen molar-refractivity contribution in [1.29, 1.82) is 0 Å². The first-order valence-electron chi connectivity index (χ1n) is 6.65. The maximum atomic E-state index is 9.60. The second-order valence-corrected chi connectivity index (χ2v) is 5.08. The number of amidine groups is 1. The molecule has 0 spiro atoms. The summed E-state index contributed by atoms with van der Waals surface area (Å²) >= 11 is 0. The van der Waals surface area contributed by atoms with Gasteiger partial charge >= 0.3 is 0 Å². The van der Waals surface area contributed by atoms with Crippen LogP contribution in [0.2, 0.25) is 0 Å². The molecule has 1 heterocycles. The largest absolute Gasteiger partial charge is 0.497 e. The van der Waals surface area contributed by atoms with Gasteiger partial charge in [-0.3, -0.25) is 0 Å². The van der Waals surface area contributed by atoms with Crippen LogP contribution in [0.25, 0.3) is 0 Å². The number of aliphatic hydroxyl groups excluding tert-OH is 1. The Hall–Kier alpha value is -1.95. The summed E-state index contributed by atoms with van der Waals surface area (Å²) in [6.07, 6.45) is 0.998. The highest BCUT2D eigenvalue weighted by atomic mass is 16.5. The highest BCUT2D eigenvalue weighted by Gasteiger charge is 2.32. The summed E-state index contributed by atoms with van der Waals surface area (Å²) in [6.45, 7) is 3.02. The van der Waals surface area contributed by atoms with E-state index in [4.69, 9.17) is 15.7 Å². The van der Waals surface area contributed by atoms with E-state index in [1.54, 1.807) is 19.2 Å². The summed E-state index contributed by atoms with van der Waals surface area (Å²) in [7, 11) is 1.60. The monoisotopic (exact) mass is 279 g/mol. The minimum Gasteiger partial charge on any atom is -0.497 e. The van der Waals surface area contributed by atoms with Crippen molar-refractivity contribution < 1.29 is 15.1 Å². The van der Waals surface area contributed by atoms with Crippen molar-refractivity contribution in [3.63, 3.8) is 0 Å². The van der Waals surface area contributed by atoms with Crippen LogP contribution in [0, 0.1) is 5.92 Å². The van der Waals surface area contributed by atoms with Gasteiger partial charge in [-0.2, -0.15) is 0 Å². The van der Waals surface area contributed by atoms with E-state index in [9.17, 15) is 5.11 Å². The van der Waals surface area contributed by atoms with Crippen LogP contribution in [0.15, 0.2) is 23.4 Å². The van der Waals surface area contributed by atoms with Gasteiger partial charge < -0.3 is 25.7 Å². The molecule has 1 saturated heterocycles. The lowest BCUT2D eigenvalue weighted by molar-refractivity contribution is 0.244. The van der Waals surface area contributed by atoms with Gasteiger partial charge in [0.2, 0.25) is 0 Å². The van der Waals surface area contributed by atoms with Crippen molar-refractivity contribution in [2.45, 2.75) is 19.4 Å². The first-order chi connectivity index (χ1) is 9.62. The van der Waals surface area contributed by atoms with E-state index in [1.165, 1.54) is 0 Å². The zero-order chi connectivity index (χ0) is 14.7. The molecule has 0 radical (unpaired) electrons. The predicted octanol–water partition coefficient (Wildman–Crippen LogP) is 0.997. The molecule has 0 bridgehead atoms. The lowest BCUT2D eigenvalue weighted by atomic mass is 10.0. The van der Waals surface area contributed by atoms with Gasteiger partial charge in [0.05, 0.1) is 25.4 Å². The van der Waals surface area contributed by atoms with E-state index in [2.05, 4.69) is 17.0 Å². The SMILES string of the molecule is COc1ccc(/C(N)=N/O)c(N2CCC(C)C2CO)c1. The van der Waals surface area contributed by atoms with Crippen LogP contribution in [0.5, 0.6) is 5.75 Å². The number of methoxy groups -OCH3 is 1. The average molecular weight is 279 g/mol. The van der Waals surface area contributed by atoms with Crippen LogP contribution < -0.4 is 15.4 Å². The first-order valence-corrected chi connectivity index (χ1v) is 6.65. The van der Waals surface area contributed by atoms with Crippen LogP contribution in [0.3, 0.4) is 0 Å². The van der Waals surface area contributed by atoms with E-state index >= 15 is 0 Å². The van der Waals surface area contributed by atoms with Gasteiger partial charge in [0.1, 0.15) is 5.75 Å². The van der Waals surface area contributed by atoms with Crippen molar-refractivity contribution in [3.05, 3.63) is 23.8 Å². The molecule has 0 amide bonds. The van der Waals surface area contributed by atoms with Gasteiger partial charge in [0.15, 0.2) is 5.84 Å². The fraction of sp³-hybridized carbons (Fsp3) is 0.500. The van der Waals surface area contributed by atoms with E-state index < -0.39 is 0 Å². The quantitative estimate of drug-likeness (QED) is 0.331. The number of hydrogen-bond donors (Lipinski definition) is 3. The maximum absolute atomic E-state index is 9.60. The summed E-state index contributed by atoms with van der Waals surface area (Å²) in [5.74, 6) is 1.15. The molecule has 2 atom stereocenters. The third-order valence-corrected chi connectivity index (χ3v) is 3.97. The molecule has 0 aliphatic carbocycles. The van der Waals surface area contributed by atoms with Crippen molar-refractivity contribution >= 4 is 11.5 Å². The number of benzene rings is 1. The number of hydrogen-bond acceptors (Lipinski definition) is 5. The molecule has 1 fully saturated rings. The molecule has 2 unspecified atom stereocenters. The third kappa shape index (κ3) is 2.51. The van der Waals surface area contributed by atoms with E-state index in [-0.39, 0.29) is 18.5 Å². The molecule has 0 aromatic heterocycles. The third-order valence-electron chi connectivity index (χ3n) is 3.97. The highest BCUT2D eigenvalue weighted by Crippen LogP contribution is 2.34. The van der Waals surface area contributed by atoms with E-state index in [0.29, 0.717) is 17.2 Å². The Morgan fingerprint density at radius 2 is 2.30 bits per heavy atom. The molecule has 4 N–H and O–H groups in total. The van der Waals surface area contributed by atoms with Crippen molar-refractivity contribution in [2.24, 2.45) is 16.8 Å². The summed E-state index contributed by atoms with van der Waals surface area (Å²) in [5.41, 5.74) is 7.21. The predicted molar refractivity (Wildman–Crippen MR) is 77.5 cm³/mol. The zero-order valence-corrected chi connectivity index (χ0v) is 11.8. The van der Waals surface area contributed by atoms with Gasteiger partial charge in [0, 0.05) is 18.2 Å². The van der Waals surface area contributed by atoms with Gasteiger partial charge in [-0.05, 0) is 24.5 Å². The lowest BCUT2D eigenvalue weighted by Gasteiger charge is -2.29. The van der Waals surface area contributed by atoms with Gasteiger partial charge in [-0.1, -0.05) is 12.1 Å². The lowest BCUT2D eigenvalue weighted by Crippen LogP contribution is -2.36. The minimum atomic E-state index is 0.0346. The van der Waals surface area contributed by atoms with Crippen molar-refractivity contribution in [1.82, 2.24) is 0 Å². The van der Waals surface area contributed by atoms with Crippen molar-refractivity contribution in [3.8, 4) is 5.75 Å². The molecule has 1 aromatic rings. The number of nitrogens with zero attached hydrogens (tertiary/aromatic N) is 2. The van der Waals surface area contributed by atoms with Gasteiger partial charge in [-0.15, -0.1) is 0 Å². The molecule has 20 heavy (non-hydrogen) atoms. The maximum Gasteiger partial charge on any atom is 0.172 e. The van der Waals surface area contributed by atoms with Crippen LogP contribution in [0.4, 0.5) is 5.69 Å². The van der Waals surface area contributed by atoms with Crippen LogP contribution >= 0.6 is 0 Å². The standard InChI is InChI=1S/C14H21N3O3/c1-9-5-6-17(13(9)8-18)12-7-10(20-2)3-4-11(12)14(15)16-19/h3-4,7,9,13,18-19H,5-6,8H2,1-2H3,(H2,15,16). The number of aliphatic hydroxyl groups is 1. The Kier molecular flexibility index (Phi) is 4.34. The average Bonchev–Trinajstić information content (AvgIpc) is 2.86. The fourth-order valence-electron chi connectivity index (χ4n) is 2.73. The summed E-state index contributed by atoms with van der Waals surface area (Å²) in [4.78, 5) is 2.10. The minimum absolute atomic E-state index is 0.0346. The molecule has 1 aliphatic heterocycles. The number of anilines is 1. The van der Waals surface area contributed by atoms with Gasteiger partial charge in [-0.25, -0.2) is 0 Å². The smallest absolute Gasteiger partial charge is 0.172 e. The topological polar surface area (TPSA) is 91.3 Å². The Balaban J connectivity index is 2.47. The number of rotatable bonds is 4. The number of ether oxygens (including phenoxy) is 1. The molecule has 1 aromatic carbocycles. The fourth-order valence-corrected chi connectivity index (χ4v) is 2.73. The Morgan fingerprint density at radius 1 is 1.55 bits per heavy atom. The van der Waals surface area contributed by atoms with Crippen molar-refractivity contribution in [2.75, 3.05) is 25.2 Å². The molecular weight excluding hydrogens is 258 g/mol. The molecule has 0 saturated carbocycles. The second kappa shape index (κ2) is 6.00. The van der Waals surface area contributed by atoms with E-state index in [1.807, 2.05) is 6.07 Å². The molecule has 6 heteroatoms. The zero-order valence-electron chi connectivity index (χ0n) is 11.8. The molecular formula is C14H21N3O3. The van der Waals surface area contributed by atoms with Crippen LogP contribution in [0.1, 0.15) is 18.9 Å².